The van der Waals surface area contributed by atoms with Gasteiger partial charge >= 0.3 is 6.01 Å². The van der Waals surface area contributed by atoms with Crippen LogP contribution in [0.3, 0.4) is 0 Å². The lowest BCUT2D eigenvalue weighted by Crippen LogP contribution is -2.14. The predicted octanol–water partition coefficient (Wildman–Crippen LogP) is 4.34. The average Bonchev–Trinajstić information content (AvgIpc) is 2.77. The third-order valence-electron chi connectivity index (χ3n) is 4.14. The summed E-state index contributed by atoms with van der Waals surface area (Å²) < 4.78 is 5.64. The van der Waals surface area contributed by atoms with Gasteiger partial charge < -0.3 is 10.1 Å². The summed E-state index contributed by atoms with van der Waals surface area (Å²) in [5.74, 6) is 0.513. The summed E-state index contributed by atoms with van der Waals surface area (Å²) in [5, 5.41) is 3.19. The summed E-state index contributed by atoms with van der Waals surface area (Å²) in [6, 6.07) is 8.81. The third-order valence-corrected chi connectivity index (χ3v) is 4.47. The number of pyridine rings is 1. The Balaban J connectivity index is 1.53. The molecule has 1 aromatic carbocycles. The van der Waals surface area contributed by atoms with Crippen LogP contribution in [0.4, 0.5) is 5.82 Å². The van der Waals surface area contributed by atoms with Crippen molar-refractivity contribution in [1.82, 2.24) is 24.9 Å². The molecule has 0 unspecified atom stereocenters. The van der Waals surface area contributed by atoms with Crippen molar-refractivity contribution < 1.29 is 9.53 Å². The van der Waals surface area contributed by atoms with Crippen LogP contribution in [-0.4, -0.2) is 30.8 Å². The number of hydrogen-bond acceptors (Lipinski definition) is 7. The zero-order valence-electron chi connectivity index (χ0n) is 15.8. The molecule has 4 rings (SSSR count). The molecule has 30 heavy (non-hydrogen) atoms. The minimum absolute atomic E-state index is 0.223. The van der Waals surface area contributed by atoms with Gasteiger partial charge in [-0.15, -0.1) is 0 Å². The number of ether oxygens (including phenoxy) is 1. The van der Waals surface area contributed by atoms with Gasteiger partial charge in [0.05, 0.1) is 28.7 Å². The molecule has 0 aliphatic heterocycles. The van der Waals surface area contributed by atoms with Gasteiger partial charge in [-0.1, -0.05) is 11.6 Å². The van der Waals surface area contributed by atoms with Gasteiger partial charge in [-0.3, -0.25) is 14.8 Å². The standard InChI is InChI=1S/C21H15ClN6O2/c1-13-5-8-23-10-16(13)20(29)28-19-12-26-18(11-27-19)15-9-14(3-4-17(15)22)30-21-24-6-2-7-25-21/h2-12H,1H3,(H,27,28,29). The Morgan fingerprint density at radius 3 is 2.57 bits per heavy atom. The fourth-order valence-corrected chi connectivity index (χ4v) is 2.84. The number of hydrogen-bond donors (Lipinski definition) is 1. The van der Waals surface area contributed by atoms with Crippen molar-refractivity contribution in [2.45, 2.75) is 6.92 Å². The Morgan fingerprint density at radius 1 is 1.00 bits per heavy atom. The number of benzene rings is 1. The van der Waals surface area contributed by atoms with E-state index in [1.807, 2.05) is 6.92 Å². The molecule has 0 saturated carbocycles. The zero-order chi connectivity index (χ0) is 20.9. The summed E-state index contributed by atoms with van der Waals surface area (Å²) >= 11 is 6.32. The van der Waals surface area contributed by atoms with E-state index in [0.29, 0.717) is 33.4 Å². The molecule has 0 fully saturated rings. The monoisotopic (exact) mass is 418 g/mol. The van der Waals surface area contributed by atoms with Gasteiger partial charge in [0, 0.05) is 30.4 Å². The number of nitrogens with one attached hydrogen (secondary N) is 1. The van der Waals surface area contributed by atoms with Crippen LogP contribution in [0.2, 0.25) is 5.02 Å². The third kappa shape index (κ3) is 4.39. The highest BCUT2D eigenvalue weighted by Gasteiger charge is 2.12. The molecule has 0 aliphatic carbocycles. The van der Waals surface area contributed by atoms with Crippen molar-refractivity contribution in [3.8, 4) is 23.0 Å². The molecule has 4 aromatic rings. The fraction of sp³-hybridized carbons (Fsp3) is 0.0476. The van der Waals surface area contributed by atoms with E-state index in [2.05, 4.69) is 30.2 Å². The lowest BCUT2D eigenvalue weighted by molar-refractivity contribution is 0.102. The van der Waals surface area contributed by atoms with Gasteiger partial charge in [0.1, 0.15) is 5.75 Å². The van der Waals surface area contributed by atoms with E-state index < -0.39 is 0 Å². The molecule has 148 valence electrons. The Labute approximate surface area is 177 Å². The number of rotatable bonds is 5. The Kier molecular flexibility index (Phi) is 5.58. The first-order valence-corrected chi connectivity index (χ1v) is 9.27. The van der Waals surface area contributed by atoms with Gasteiger partial charge in [0.15, 0.2) is 5.82 Å². The summed E-state index contributed by atoms with van der Waals surface area (Å²) in [5.41, 5.74) is 2.44. The highest BCUT2D eigenvalue weighted by Crippen LogP contribution is 2.31. The summed E-state index contributed by atoms with van der Waals surface area (Å²) in [6.45, 7) is 1.84. The second-order valence-corrected chi connectivity index (χ2v) is 6.61. The van der Waals surface area contributed by atoms with E-state index in [9.17, 15) is 4.79 Å². The molecule has 1 N–H and O–H groups in total. The van der Waals surface area contributed by atoms with Crippen LogP contribution in [0.1, 0.15) is 15.9 Å². The summed E-state index contributed by atoms with van der Waals surface area (Å²) in [6.07, 6.45) is 9.30. The number of carbonyl (C=O) groups excluding carboxylic acids is 1. The molecule has 8 nitrogen and oxygen atoms in total. The number of nitrogens with zero attached hydrogens (tertiary/aromatic N) is 5. The normalized spacial score (nSPS) is 10.5. The largest absolute Gasteiger partial charge is 0.424 e. The van der Waals surface area contributed by atoms with Crippen LogP contribution in [0.15, 0.2) is 67.5 Å². The van der Waals surface area contributed by atoms with E-state index in [4.69, 9.17) is 16.3 Å². The van der Waals surface area contributed by atoms with Crippen molar-refractivity contribution in [3.05, 3.63) is 83.7 Å². The van der Waals surface area contributed by atoms with E-state index in [1.165, 1.54) is 18.6 Å². The van der Waals surface area contributed by atoms with Gasteiger partial charge in [-0.05, 0) is 42.8 Å². The van der Waals surface area contributed by atoms with Crippen molar-refractivity contribution in [2.24, 2.45) is 0 Å². The average molecular weight is 419 g/mol. The fourth-order valence-electron chi connectivity index (χ4n) is 2.62. The number of aromatic nitrogens is 5. The van der Waals surface area contributed by atoms with Crippen LogP contribution >= 0.6 is 11.6 Å². The first-order valence-electron chi connectivity index (χ1n) is 8.89. The zero-order valence-corrected chi connectivity index (χ0v) is 16.5. The van der Waals surface area contributed by atoms with E-state index in [-0.39, 0.29) is 11.9 Å². The van der Waals surface area contributed by atoms with Crippen LogP contribution < -0.4 is 10.1 Å². The number of anilines is 1. The molecule has 1 amide bonds. The molecule has 0 bridgehead atoms. The van der Waals surface area contributed by atoms with Crippen LogP contribution in [0, 0.1) is 6.92 Å². The first-order chi connectivity index (χ1) is 14.6. The SMILES string of the molecule is Cc1ccncc1C(=O)Nc1cnc(-c2cc(Oc3ncccn3)ccc2Cl)cn1. The molecular weight excluding hydrogens is 404 g/mol. The van der Waals surface area contributed by atoms with Crippen LogP contribution in [0.5, 0.6) is 11.8 Å². The predicted molar refractivity (Wildman–Crippen MR) is 112 cm³/mol. The van der Waals surface area contributed by atoms with Crippen molar-refractivity contribution >= 4 is 23.3 Å². The highest BCUT2D eigenvalue weighted by molar-refractivity contribution is 6.33. The number of amides is 1. The number of halogens is 1. The van der Waals surface area contributed by atoms with Crippen molar-refractivity contribution in [1.29, 1.82) is 0 Å². The van der Waals surface area contributed by atoms with E-state index in [0.717, 1.165) is 5.56 Å². The lowest BCUT2D eigenvalue weighted by Gasteiger charge is -2.09. The molecule has 0 spiro atoms. The maximum Gasteiger partial charge on any atom is 0.321 e. The van der Waals surface area contributed by atoms with Gasteiger partial charge in [0.2, 0.25) is 0 Å². The van der Waals surface area contributed by atoms with E-state index in [1.54, 1.807) is 48.9 Å². The molecule has 0 radical (unpaired) electrons. The molecule has 3 aromatic heterocycles. The van der Waals surface area contributed by atoms with Crippen molar-refractivity contribution in [2.75, 3.05) is 5.32 Å². The second-order valence-electron chi connectivity index (χ2n) is 6.21. The lowest BCUT2D eigenvalue weighted by atomic mass is 10.1. The van der Waals surface area contributed by atoms with Gasteiger partial charge in [0.25, 0.3) is 5.91 Å². The van der Waals surface area contributed by atoms with Crippen LogP contribution in [-0.2, 0) is 0 Å². The van der Waals surface area contributed by atoms with Crippen molar-refractivity contribution in [3.63, 3.8) is 0 Å². The molecule has 9 heteroatoms. The first kappa shape index (κ1) is 19.4. The summed E-state index contributed by atoms with van der Waals surface area (Å²) in [7, 11) is 0. The quantitative estimate of drug-likeness (QED) is 0.514. The minimum atomic E-state index is -0.307. The van der Waals surface area contributed by atoms with Gasteiger partial charge in [-0.25, -0.2) is 15.0 Å². The molecule has 3 heterocycles. The number of aryl methyl sites for hydroxylation is 1. The second kappa shape index (κ2) is 8.62. The maximum absolute atomic E-state index is 12.4. The Bertz CT molecular complexity index is 1190. The molecule has 0 saturated heterocycles. The number of carbonyl (C=O) groups is 1. The summed E-state index contributed by atoms with van der Waals surface area (Å²) in [4.78, 5) is 33.1. The Hall–Kier alpha value is -3.91. The molecular formula is C21H15ClN6O2. The van der Waals surface area contributed by atoms with Gasteiger partial charge in [-0.2, -0.15) is 0 Å². The topological polar surface area (TPSA) is 103 Å². The Morgan fingerprint density at radius 2 is 1.83 bits per heavy atom. The van der Waals surface area contributed by atoms with Crippen LogP contribution in [0.25, 0.3) is 11.3 Å². The smallest absolute Gasteiger partial charge is 0.321 e. The highest BCUT2D eigenvalue weighted by atomic mass is 35.5. The molecule has 0 aliphatic rings. The maximum atomic E-state index is 12.4. The van der Waals surface area contributed by atoms with E-state index >= 15 is 0 Å². The minimum Gasteiger partial charge on any atom is -0.424 e. The molecule has 0 atom stereocenters.